The van der Waals surface area contributed by atoms with E-state index in [0.717, 1.165) is 31.3 Å². The van der Waals surface area contributed by atoms with E-state index in [1.165, 1.54) is 16.7 Å². The number of hydrogen-bond donors (Lipinski definition) is 0. The third kappa shape index (κ3) is 2.49. The smallest absolute Gasteiger partial charge is 0.160 e. The van der Waals surface area contributed by atoms with Crippen molar-refractivity contribution in [2.75, 3.05) is 0 Å². The molecule has 1 unspecified atom stereocenters. The lowest BCUT2D eigenvalue weighted by atomic mass is 9.99. The molecule has 0 amide bonds. The zero-order chi connectivity index (χ0) is 11.4. The summed E-state index contributed by atoms with van der Waals surface area (Å²) in [5.74, 6) is 0.967. The first-order valence-electron chi connectivity index (χ1n) is 5.64. The molecule has 0 N–H and O–H groups in total. The number of ether oxygens (including phenoxy) is 1. The fourth-order valence-corrected chi connectivity index (χ4v) is 1.73. The maximum absolute atomic E-state index is 10.7. The van der Waals surface area contributed by atoms with Crippen LogP contribution in [0, 0.1) is 0 Å². The monoisotopic (exact) mass is 208 g/mol. The first-order chi connectivity index (χ1) is 7.13. The molecule has 2 nitrogen and oxygen atoms in total. The first-order valence-corrected chi connectivity index (χ1v) is 5.64. The van der Waals surface area contributed by atoms with Gasteiger partial charge in [0.05, 0.1) is 0 Å². The van der Waals surface area contributed by atoms with E-state index >= 15 is 0 Å². The molecule has 0 saturated carbocycles. The van der Waals surface area contributed by atoms with Gasteiger partial charge in [-0.15, -0.1) is 0 Å². The van der Waals surface area contributed by atoms with Gasteiger partial charge in [-0.05, 0) is 37.8 Å². The summed E-state index contributed by atoms with van der Waals surface area (Å²) in [7, 11) is 0. The minimum atomic E-state index is -0.266. The van der Waals surface area contributed by atoms with E-state index < -0.39 is 0 Å². The van der Waals surface area contributed by atoms with Crippen molar-refractivity contribution in [2.24, 2.45) is 0 Å². The number of allylic oxidation sites excluding steroid dienone is 3. The van der Waals surface area contributed by atoms with Gasteiger partial charge >= 0.3 is 0 Å². The van der Waals surface area contributed by atoms with Crippen LogP contribution >= 0.6 is 0 Å². The molecule has 0 aliphatic carbocycles. The van der Waals surface area contributed by atoms with Gasteiger partial charge in [0.25, 0.3) is 0 Å². The third-order valence-corrected chi connectivity index (χ3v) is 3.06. The Labute approximate surface area is 92.0 Å². The summed E-state index contributed by atoms with van der Waals surface area (Å²) in [5, 5.41) is 0. The van der Waals surface area contributed by atoms with Crippen molar-refractivity contribution in [3.63, 3.8) is 0 Å². The van der Waals surface area contributed by atoms with E-state index in [2.05, 4.69) is 27.7 Å². The van der Waals surface area contributed by atoms with Gasteiger partial charge in [-0.25, -0.2) is 0 Å². The molecule has 0 radical (unpaired) electrons. The summed E-state index contributed by atoms with van der Waals surface area (Å²) in [6.45, 7) is 8.44. The topological polar surface area (TPSA) is 26.3 Å². The van der Waals surface area contributed by atoms with E-state index in [9.17, 15) is 4.79 Å². The lowest BCUT2D eigenvalue weighted by Crippen LogP contribution is -2.04. The molecule has 1 fully saturated rings. The Morgan fingerprint density at radius 3 is 2.40 bits per heavy atom. The first kappa shape index (κ1) is 12.0. The van der Waals surface area contributed by atoms with Crippen LogP contribution in [-0.2, 0) is 9.53 Å². The van der Waals surface area contributed by atoms with Gasteiger partial charge in [0, 0.05) is 6.42 Å². The maximum atomic E-state index is 10.7. The number of rotatable bonds is 3. The predicted octanol–water partition coefficient (Wildman–Crippen LogP) is 3.38. The molecule has 0 aromatic carbocycles. The van der Waals surface area contributed by atoms with Gasteiger partial charge in [-0.1, -0.05) is 19.4 Å². The molecule has 84 valence electrons. The van der Waals surface area contributed by atoms with Crippen molar-refractivity contribution in [1.82, 2.24) is 0 Å². The minimum Gasteiger partial charge on any atom is -0.482 e. The Morgan fingerprint density at radius 1 is 1.33 bits per heavy atom. The van der Waals surface area contributed by atoms with Crippen LogP contribution in [-0.4, -0.2) is 12.4 Å². The standard InChI is InChI=1S/C13H20O2/c1-5-9(3)12-7-11(8-14)15-13(12)10(4)6-2/h8,11H,5-7H2,1-4H3. The van der Waals surface area contributed by atoms with Gasteiger partial charge in [0.15, 0.2) is 12.4 Å². The van der Waals surface area contributed by atoms with Gasteiger partial charge in [-0.3, -0.25) is 4.79 Å². The average molecular weight is 208 g/mol. The highest BCUT2D eigenvalue weighted by atomic mass is 16.5. The van der Waals surface area contributed by atoms with E-state index in [0.29, 0.717) is 0 Å². The Morgan fingerprint density at radius 2 is 1.93 bits per heavy atom. The lowest BCUT2D eigenvalue weighted by Gasteiger charge is -2.08. The quantitative estimate of drug-likeness (QED) is 0.664. The van der Waals surface area contributed by atoms with Crippen LogP contribution in [0.5, 0.6) is 0 Å². The van der Waals surface area contributed by atoms with Gasteiger partial charge < -0.3 is 4.74 Å². The highest BCUT2D eigenvalue weighted by molar-refractivity contribution is 5.60. The molecular weight excluding hydrogens is 188 g/mol. The van der Waals surface area contributed by atoms with Crippen molar-refractivity contribution in [3.8, 4) is 0 Å². The fraction of sp³-hybridized carbons (Fsp3) is 0.615. The van der Waals surface area contributed by atoms with Crippen molar-refractivity contribution >= 4 is 6.29 Å². The van der Waals surface area contributed by atoms with Crippen molar-refractivity contribution in [2.45, 2.75) is 53.1 Å². The predicted molar refractivity (Wildman–Crippen MR) is 61.5 cm³/mol. The fourth-order valence-electron chi connectivity index (χ4n) is 1.73. The average Bonchev–Trinajstić information content (AvgIpc) is 2.70. The number of carbonyl (C=O) groups excluding carboxylic acids is 1. The van der Waals surface area contributed by atoms with Crippen LogP contribution in [0.25, 0.3) is 0 Å². The van der Waals surface area contributed by atoms with Crippen molar-refractivity contribution in [3.05, 3.63) is 22.5 Å². The summed E-state index contributed by atoms with van der Waals surface area (Å²) < 4.78 is 5.65. The Bertz CT molecular complexity index is 282. The molecule has 0 aromatic heterocycles. The molecule has 1 rings (SSSR count). The second-order valence-electron chi connectivity index (χ2n) is 4.07. The maximum Gasteiger partial charge on any atom is 0.160 e. The van der Waals surface area contributed by atoms with Gasteiger partial charge in [0.2, 0.25) is 0 Å². The second kappa shape index (κ2) is 5.15. The van der Waals surface area contributed by atoms with Crippen LogP contribution in [0.15, 0.2) is 22.5 Å². The van der Waals surface area contributed by atoms with E-state index in [4.69, 9.17) is 4.74 Å². The Kier molecular flexibility index (Phi) is 4.13. The second-order valence-corrected chi connectivity index (χ2v) is 4.07. The van der Waals surface area contributed by atoms with Crippen LogP contribution in [0.3, 0.4) is 0 Å². The molecule has 0 spiro atoms. The molecule has 1 aliphatic heterocycles. The Hall–Kier alpha value is -1.05. The molecule has 1 saturated heterocycles. The van der Waals surface area contributed by atoms with Crippen molar-refractivity contribution in [1.29, 1.82) is 0 Å². The van der Waals surface area contributed by atoms with E-state index in [1.807, 2.05) is 0 Å². The minimum absolute atomic E-state index is 0.266. The van der Waals surface area contributed by atoms with E-state index in [1.54, 1.807) is 0 Å². The van der Waals surface area contributed by atoms with E-state index in [-0.39, 0.29) is 6.10 Å². The summed E-state index contributed by atoms with van der Waals surface area (Å²) in [5.41, 5.74) is 3.82. The Balaban J connectivity index is 3.09. The largest absolute Gasteiger partial charge is 0.482 e. The normalized spacial score (nSPS) is 27.3. The summed E-state index contributed by atoms with van der Waals surface area (Å²) in [6, 6.07) is 0. The van der Waals surface area contributed by atoms with Gasteiger partial charge in [-0.2, -0.15) is 0 Å². The molecule has 1 heterocycles. The van der Waals surface area contributed by atoms with Crippen LogP contribution in [0.2, 0.25) is 0 Å². The third-order valence-electron chi connectivity index (χ3n) is 3.06. The number of aldehydes is 1. The zero-order valence-electron chi connectivity index (χ0n) is 10.1. The molecule has 0 aromatic rings. The molecule has 15 heavy (non-hydrogen) atoms. The highest BCUT2D eigenvalue weighted by Gasteiger charge is 2.27. The van der Waals surface area contributed by atoms with Crippen molar-refractivity contribution < 1.29 is 9.53 Å². The molecule has 1 atom stereocenters. The molecule has 2 heteroatoms. The zero-order valence-corrected chi connectivity index (χ0v) is 10.1. The molecular formula is C13H20O2. The molecule has 0 bridgehead atoms. The SMILES string of the molecule is CCC(C)=C1CC(C=O)OC1=C(C)CC. The summed E-state index contributed by atoms with van der Waals surface area (Å²) in [4.78, 5) is 10.7. The summed E-state index contributed by atoms with van der Waals surface area (Å²) >= 11 is 0. The van der Waals surface area contributed by atoms with Crippen LogP contribution < -0.4 is 0 Å². The van der Waals surface area contributed by atoms with Crippen LogP contribution in [0.1, 0.15) is 47.0 Å². The number of carbonyl (C=O) groups is 1. The lowest BCUT2D eigenvalue weighted by molar-refractivity contribution is -0.114. The van der Waals surface area contributed by atoms with Crippen LogP contribution in [0.4, 0.5) is 0 Å². The van der Waals surface area contributed by atoms with Gasteiger partial charge in [0.1, 0.15) is 5.76 Å². The molecule has 1 aliphatic rings. The highest BCUT2D eigenvalue weighted by Crippen LogP contribution is 2.34. The summed E-state index contributed by atoms with van der Waals surface area (Å²) in [6.07, 6.45) is 3.37. The number of hydrogen-bond acceptors (Lipinski definition) is 2.